The maximum atomic E-state index is 12.7. The first kappa shape index (κ1) is 20.7. The second-order valence-corrected chi connectivity index (χ2v) is 11.0. The first-order valence-corrected chi connectivity index (χ1v) is 12.4. The van der Waals surface area contributed by atoms with Gasteiger partial charge in [0.15, 0.2) is 9.84 Å². The molecule has 0 bridgehead atoms. The van der Waals surface area contributed by atoms with Crippen LogP contribution in [0.4, 0.5) is 0 Å². The van der Waals surface area contributed by atoms with Crippen LogP contribution in [0.15, 0.2) is 24.3 Å². The van der Waals surface area contributed by atoms with E-state index in [0.717, 1.165) is 9.82 Å². The Kier molecular flexibility index (Phi) is 6.01. The van der Waals surface area contributed by atoms with Crippen molar-refractivity contribution < 1.29 is 21.6 Å². The van der Waals surface area contributed by atoms with Gasteiger partial charge in [0.1, 0.15) is 5.52 Å². The molecule has 0 radical (unpaired) electrons. The van der Waals surface area contributed by atoms with Crippen LogP contribution in [-0.2, 0) is 31.2 Å². The lowest BCUT2D eigenvalue weighted by Gasteiger charge is -2.21. The van der Waals surface area contributed by atoms with E-state index < -0.39 is 31.8 Å². The standard InChI is InChI=1S/C16H23N5O5S2/c1-2-20(11-16(22)17-13-7-9-27(23,24)12-13)28(25,26)10-8-21-15-6-4-3-5-14(15)18-19-21/h3-6,13H,2,7-12H2,1H3,(H,17,22). The number of aromatic nitrogens is 3. The number of benzene rings is 1. The summed E-state index contributed by atoms with van der Waals surface area (Å²) >= 11 is 0. The molecule has 3 rings (SSSR count). The summed E-state index contributed by atoms with van der Waals surface area (Å²) in [5, 5.41) is 10.6. The SMILES string of the molecule is CCN(CC(=O)NC1CCS(=O)(=O)C1)S(=O)(=O)CCn1nnc2ccccc21. The lowest BCUT2D eigenvalue weighted by molar-refractivity contribution is -0.121. The Labute approximate surface area is 163 Å². The zero-order valence-corrected chi connectivity index (χ0v) is 17.1. The van der Waals surface area contributed by atoms with Crippen molar-refractivity contribution >= 4 is 36.8 Å². The van der Waals surface area contributed by atoms with Gasteiger partial charge >= 0.3 is 0 Å². The van der Waals surface area contributed by atoms with Gasteiger partial charge in [0.25, 0.3) is 0 Å². The van der Waals surface area contributed by atoms with E-state index in [1.165, 1.54) is 4.68 Å². The largest absolute Gasteiger partial charge is 0.351 e. The molecule has 1 aliphatic heterocycles. The van der Waals surface area contributed by atoms with Gasteiger partial charge in [0, 0.05) is 12.6 Å². The molecule has 1 saturated heterocycles. The van der Waals surface area contributed by atoms with Crippen LogP contribution in [0.25, 0.3) is 11.0 Å². The average Bonchev–Trinajstić information content (AvgIpc) is 3.20. The van der Waals surface area contributed by atoms with Crippen LogP contribution in [0, 0.1) is 0 Å². The topological polar surface area (TPSA) is 131 Å². The van der Waals surface area contributed by atoms with Gasteiger partial charge in [-0.15, -0.1) is 5.10 Å². The van der Waals surface area contributed by atoms with Crippen molar-refractivity contribution in [3.63, 3.8) is 0 Å². The van der Waals surface area contributed by atoms with E-state index in [-0.39, 0.29) is 36.9 Å². The molecule has 2 heterocycles. The summed E-state index contributed by atoms with van der Waals surface area (Å²) < 4.78 is 50.9. The van der Waals surface area contributed by atoms with Crippen LogP contribution >= 0.6 is 0 Å². The summed E-state index contributed by atoms with van der Waals surface area (Å²) in [6.07, 6.45) is 0.353. The highest BCUT2D eigenvalue weighted by atomic mass is 32.2. The van der Waals surface area contributed by atoms with E-state index in [9.17, 15) is 21.6 Å². The molecule has 1 aliphatic rings. The second kappa shape index (κ2) is 8.13. The number of carbonyl (C=O) groups is 1. The molecule has 1 amide bonds. The number of hydrogen-bond acceptors (Lipinski definition) is 7. The van der Waals surface area contributed by atoms with Crippen LogP contribution in [-0.4, -0.2) is 78.4 Å². The number of nitrogens with one attached hydrogen (secondary N) is 1. The first-order valence-electron chi connectivity index (χ1n) is 8.96. The van der Waals surface area contributed by atoms with E-state index >= 15 is 0 Å². The maximum absolute atomic E-state index is 12.7. The molecule has 1 fully saturated rings. The third-order valence-corrected chi connectivity index (χ3v) is 8.29. The van der Waals surface area contributed by atoms with Crippen LogP contribution in [0.5, 0.6) is 0 Å². The Bertz CT molecular complexity index is 1060. The molecule has 0 spiro atoms. The molecule has 12 heteroatoms. The molecule has 1 N–H and O–H groups in total. The number of para-hydroxylation sites is 1. The Morgan fingerprint density at radius 2 is 2.11 bits per heavy atom. The highest BCUT2D eigenvalue weighted by molar-refractivity contribution is 7.91. The molecule has 1 aromatic heterocycles. The maximum Gasteiger partial charge on any atom is 0.235 e. The lowest BCUT2D eigenvalue weighted by atomic mass is 10.2. The fourth-order valence-electron chi connectivity index (χ4n) is 3.16. The molecular formula is C16H23N5O5S2. The number of likely N-dealkylation sites (N-methyl/N-ethyl adjacent to an activating group) is 1. The Morgan fingerprint density at radius 3 is 2.79 bits per heavy atom. The quantitative estimate of drug-likeness (QED) is 0.592. The summed E-state index contributed by atoms with van der Waals surface area (Å²) in [6, 6.07) is 6.79. The number of amides is 1. The molecule has 1 aromatic carbocycles. The molecular weight excluding hydrogens is 406 g/mol. The summed E-state index contributed by atoms with van der Waals surface area (Å²) in [5.74, 6) is -0.783. The highest BCUT2D eigenvalue weighted by Gasteiger charge is 2.30. The van der Waals surface area contributed by atoms with Gasteiger partial charge < -0.3 is 5.32 Å². The van der Waals surface area contributed by atoms with Crippen LogP contribution in [0.2, 0.25) is 0 Å². The fourth-order valence-corrected chi connectivity index (χ4v) is 6.21. The van der Waals surface area contributed by atoms with Gasteiger partial charge in [-0.3, -0.25) is 4.79 Å². The molecule has 0 aliphatic carbocycles. The van der Waals surface area contributed by atoms with Gasteiger partial charge in [-0.25, -0.2) is 21.5 Å². The van der Waals surface area contributed by atoms with Crippen molar-refractivity contribution in [3.05, 3.63) is 24.3 Å². The summed E-state index contributed by atoms with van der Waals surface area (Å²) in [4.78, 5) is 12.2. The van der Waals surface area contributed by atoms with Gasteiger partial charge in [-0.1, -0.05) is 24.3 Å². The second-order valence-electron chi connectivity index (χ2n) is 6.71. The van der Waals surface area contributed by atoms with Crippen molar-refractivity contribution in [2.24, 2.45) is 0 Å². The normalized spacial score (nSPS) is 19.3. The van der Waals surface area contributed by atoms with E-state index in [4.69, 9.17) is 0 Å². The van der Waals surface area contributed by atoms with Gasteiger partial charge in [-0.2, -0.15) is 4.31 Å². The minimum Gasteiger partial charge on any atom is -0.351 e. The summed E-state index contributed by atoms with van der Waals surface area (Å²) in [7, 11) is -6.82. The van der Waals surface area contributed by atoms with E-state index in [1.807, 2.05) is 18.2 Å². The number of nitrogens with zero attached hydrogens (tertiary/aromatic N) is 4. The summed E-state index contributed by atoms with van der Waals surface area (Å²) in [6.45, 7) is 1.56. The van der Waals surface area contributed by atoms with Crippen molar-refractivity contribution in [2.45, 2.75) is 25.9 Å². The Morgan fingerprint density at radius 1 is 1.36 bits per heavy atom. The predicted molar refractivity (Wildman–Crippen MR) is 104 cm³/mol. The highest BCUT2D eigenvalue weighted by Crippen LogP contribution is 2.12. The minimum absolute atomic E-state index is 0.0413. The lowest BCUT2D eigenvalue weighted by Crippen LogP contribution is -2.45. The number of hydrogen-bond donors (Lipinski definition) is 1. The van der Waals surface area contributed by atoms with E-state index in [2.05, 4.69) is 15.6 Å². The molecule has 1 unspecified atom stereocenters. The number of aryl methyl sites for hydroxylation is 1. The number of sulfone groups is 1. The Hall–Kier alpha value is -2.05. The van der Waals surface area contributed by atoms with Crippen LogP contribution in [0.3, 0.4) is 0 Å². The number of sulfonamides is 1. The fraction of sp³-hybridized carbons (Fsp3) is 0.562. The third kappa shape index (κ3) is 4.86. The van der Waals surface area contributed by atoms with E-state index in [0.29, 0.717) is 11.9 Å². The minimum atomic E-state index is -3.70. The molecule has 28 heavy (non-hydrogen) atoms. The van der Waals surface area contributed by atoms with Crippen molar-refractivity contribution in [1.82, 2.24) is 24.6 Å². The zero-order valence-electron chi connectivity index (χ0n) is 15.5. The predicted octanol–water partition coefficient (Wildman–Crippen LogP) is -0.614. The van der Waals surface area contributed by atoms with Gasteiger partial charge in [0.05, 0.1) is 35.9 Å². The van der Waals surface area contributed by atoms with Crippen LogP contribution < -0.4 is 5.32 Å². The monoisotopic (exact) mass is 429 g/mol. The summed E-state index contributed by atoms with van der Waals surface area (Å²) in [5.41, 5.74) is 1.42. The smallest absolute Gasteiger partial charge is 0.235 e. The van der Waals surface area contributed by atoms with E-state index in [1.54, 1.807) is 13.0 Å². The van der Waals surface area contributed by atoms with Crippen molar-refractivity contribution in [2.75, 3.05) is 30.3 Å². The molecule has 0 saturated carbocycles. The van der Waals surface area contributed by atoms with Gasteiger partial charge in [-0.05, 0) is 18.6 Å². The van der Waals surface area contributed by atoms with Gasteiger partial charge in [0.2, 0.25) is 15.9 Å². The van der Waals surface area contributed by atoms with Crippen molar-refractivity contribution in [1.29, 1.82) is 0 Å². The average molecular weight is 430 g/mol. The zero-order chi connectivity index (χ0) is 20.4. The number of rotatable bonds is 8. The molecule has 1 atom stereocenters. The third-order valence-electron chi connectivity index (χ3n) is 4.64. The molecule has 10 nitrogen and oxygen atoms in total. The first-order chi connectivity index (χ1) is 13.2. The Balaban J connectivity index is 1.60. The number of carbonyl (C=O) groups excluding carboxylic acids is 1. The molecule has 2 aromatic rings. The number of fused-ring (bicyclic) bond motifs is 1. The van der Waals surface area contributed by atoms with Crippen molar-refractivity contribution in [3.8, 4) is 0 Å². The van der Waals surface area contributed by atoms with Crippen LogP contribution in [0.1, 0.15) is 13.3 Å². The molecule has 154 valence electrons.